The van der Waals surface area contributed by atoms with Gasteiger partial charge in [0.15, 0.2) is 10.6 Å². The van der Waals surface area contributed by atoms with E-state index in [1.807, 2.05) is 0 Å². The maximum Gasteiger partial charge on any atom is 0.428 e. The maximum atomic E-state index is 13.4. The van der Waals surface area contributed by atoms with Crippen LogP contribution in [0.1, 0.15) is 0 Å². The van der Waals surface area contributed by atoms with Crippen molar-refractivity contribution in [2.45, 2.75) is 35.8 Å². The minimum Gasteiger partial charge on any atom is -0.330 e. The normalized spacial score (nSPS) is 22.6. The molecule has 0 fully saturated rings. The Balaban J connectivity index is 3.07. The van der Waals surface area contributed by atoms with Crippen LogP contribution in [-0.2, 0) is 0 Å². The zero-order valence-corrected chi connectivity index (χ0v) is 13.7. The van der Waals surface area contributed by atoms with Crippen LogP contribution < -0.4 is 10.6 Å². The number of hydrogen-bond donors (Lipinski definition) is 2. The summed E-state index contributed by atoms with van der Waals surface area (Å²) in [6.45, 7) is 0. The number of hydrogen-bond acceptors (Lipinski definition) is 4. The molecule has 0 saturated carbocycles. The van der Waals surface area contributed by atoms with Gasteiger partial charge in [0, 0.05) is 0 Å². The Morgan fingerprint density at radius 1 is 0.536 bits per heavy atom. The molecule has 2 aliphatic heterocycles. The molecular weight excluding hydrogens is 475 g/mol. The fraction of sp³-hybridized carbons (Fsp3) is 0.600. The van der Waals surface area contributed by atoms with Crippen LogP contribution in [0.2, 0.25) is 0 Å². The highest BCUT2D eigenvalue weighted by atomic mass is 35.5. The lowest BCUT2D eigenvalue weighted by atomic mass is 9.82. The third kappa shape index (κ3) is 2.86. The van der Waals surface area contributed by atoms with Crippen molar-refractivity contribution < 1.29 is 52.7 Å². The van der Waals surface area contributed by atoms with E-state index in [-0.39, 0.29) is 0 Å². The molecule has 0 aromatic rings. The molecule has 0 aromatic heterocycles. The lowest BCUT2D eigenvalue weighted by Crippen LogP contribution is -2.70. The van der Waals surface area contributed by atoms with Crippen molar-refractivity contribution in [2.24, 2.45) is 9.98 Å². The second-order valence-electron chi connectivity index (χ2n) is 5.22. The fourth-order valence-electron chi connectivity index (χ4n) is 2.48. The summed E-state index contributed by atoms with van der Waals surface area (Å²) in [6, 6.07) is 0. The van der Waals surface area contributed by atoms with E-state index in [0.717, 1.165) is 10.6 Å². The second kappa shape index (κ2) is 5.96. The summed E-state index contributed by atoms with van der Waals surface area (Å²) in [5.74, 6) is 0. The van der Waals surface area contributed by atoms with Crippen LogP contribution in [0.3, 0.4) is 0 Å². The number of aliphatic imine (C=N–C) groups is 2. The van der Waals surface area contributed by atoms with Crippen LogP contribution in [0.4, 0.5) is 52.7 Å². The van der Waals surface area contributed by atoms with Gasteiger partial charge in [-0.15, -0.1) is 0 Å². The lowest BCUT2D eigenvalue weighted by molar-refractivity contribution is -0.294. The first kappa shape index (κ1) is 22.7. The molecule has 0 amide bonds. The monoisotopic (exact) mass is 476 g/mol. The SMILES string of the molecule is FC(F)(F)C1(C(F)(F)F)N=C(Cl)NC2=C1NC(Cl)=NC2(C(F)(F)F)C(F)(F)F. The Morgan fingerprint density at radius 2 is 0.750 bits per heavy atom. The van der Waals surface area contributed by atoms with Crippen molar-refractivity contribution in [1.82, 2.24) is 10.6 Å². The van der Waals surface area contributed by atoms with Gasteiger partial charge < -0.3 is 10.6 Å². The number of alkyl halides is 12. The molecule has 0 aliphatic carbocycles. The van der Waals surface area contributed by atoms with E-state index in [2.05, 4.69) is 9.98 Å². The Labute approximate surface area is 155 Å². The van der Waals surface area contributed by atoms with E-state index in [4.69, 9.17) is 23.2 Å². The van der Waals surface area contributed by atoms with Crippen molar-refractivity contribution in [2.75, 3.05) is 0 Å². The Hall–Kier alpha value is -1.58. The van der Waals surface area contributed by atoms with Gasteiger partial charge in [0.2, 0.25) is 0 Å². The summed E-state index contributed by atoms with van der Waals surface area (Å²) >= 11 is 9.92. The maximum absolute atomic E-state index is 13.4. The Morgan fingerprint density at radius 3 is 0.929 bits per heavy atom. The van der Waals surface area contributed by atoms with E-state index in [9.17, 15) is 52.7 Å². The molecule has 2 heterocycles. The highest BCUT2D eigenvalue weighted by Gasteiger charge is 2.81. The average molecular weight is 477 g/mol. The van der Waals surface area contributed by atoms with Crippen LogP contribution >= 0.6 is 23.2 Å². The van der Waals surface area contributed by atoms with E-state index in [1.165, 1.54) is 0 Å². The number of nitrogens with one attached hydrogen (secondary N) is 2. The molecule has 2 rings (SSSR count). The zero-order valence-electron chi connectivity index (χ0n) is 12.2. The molecule has 0 atom stereocenters. The smallest absolute Gasteiger partial charge is 0.330 e. The Bertz CT molecular complexity index is 677. The molecule has 0 saturated heterocycles. The van der Waals surface area contributed by atoms with Crippen molar-refractivity contribution in [1.29, 1.82) is 0 Å². The van der Waals surface area contributed by atoms with E-state index < -0.39 is 57.8 Å². The van der Waals surface area contributed by atoms with Crippen molar-refractivity contribution in [3.05, 3.63) is 11.4 Å². The predicted octanol–water partition coefficient (Wildman–Crippen LogP) is 4.32. The van der Waals surface area contributed by atoms with Crippen LogP contribution in [0.15, 0.2) is 21.4 Å². The highest BCUT2D eigenvalue weighted by molar-refractivity contribution is 6.66. The van der Waals surface area contributed by atoms with Gasteiger partial charge in [0.25, 0.3) is 11.1 Å². The topological polar surface area (TPSA) is 48.8 Å². The van der Waals surface area contributed by atoms with Crippen LogP contribution in [0, 0.1) is 0 Å². The van der Waals surface area contributed by atoms with Gasteiger partial charge >= 0.3 is 24.7 Å². The van der Waals surface area contributed by atoms with E-state index in [1.54, 1.807) is 0 Å². The molecule has 2 N–H and O–H groups in total. The summed E-state index contributed by atoms with van der Waals surface area (Å²) in [7, 11) is 0. The largest absolute Gasteiger partial charge is 0.428 e. The van der Waals surface area contributed by atoms with Crippen molar-refractivity contribution in [3.8, 4) is 0 Å². The minimum absolute atomic E-state index is 0.969. The third-order valence-electron chi connectivity index (χ3n) is 3.60. The molecule has 2 aliphatic rings. The molecule has 0 bridgehead atoms. The van der Waals surface area contributed by atoms with Crippen molar-refractivity contribution >= 4 is 33.8 Å². The van der Waals surface area contributed by atoms with Crippen LogP contribution in [0.25, 0.3) is 0 Å². The predicted molar refractivity (Wildman–Crippen MR) is 69.6 cm³/mol. The summed E-state index contributed by atoms with van der Waals surface area (Å²) in [5.41, 5.74) is -16.7. The first-order chi connectivity index (χ1) is 12.2. The number of halogens is 14. The molecular formula is C10H2Cl2F12N4. The molecule has 0 unspecified atom stereocenters. The first-order valence-corrected chi connectivity index (χ1v) is 7.05. The molecule has 28 heavy (non-hydrogen) atoms. The van der Waals surface area contributed by atoms with Gasteiger partial charge in [0.05, 0.1) is 11.4 Å². The van der Waals surface area contributed by atoms with E-state index in [0.29, 0.717) is 0 Å². The van der Waals surface area contributed by atoms with Gasteiger partial charge in [-0.2, -0.15) is 52.7 Å². The second-order valence-corrected chi connectivity index (χ2v) is 5.93. The summed E-state index contributed by atoms with van der Waals surface area (Å²) in [6.07, 6.45) is -26.3. The standard InChI is InChI=1S/C10H2Cl2F12N4/c11-3-25-1-2(6(28-3,9(19,20)21)10(22,23)24)26-4(12)27-5(1,7(13,14)15)8(16,17)18/h(H,25,28)(H,26,27). The third-order valence-corrected chi connectivity index (χ3v) is 3.96. The summed E-state index contributed by atoms with van der Waals surface area (Å²) in [4.78, 5) is 4.11. The van der Waals surface area contributed by atoms with Gasteiger partial charge in [-0.3, -0.25) is 0 Å². The lowest BCUT2D eigenvalue weighted by Gasteiger charge is -2.46. The molecule has 160 valence electrons. The number of amidine groups is 2. The summed E-state index contributed by atoms with van der Waals surface area (Å²) < 4.78 is 161. The van der Waals surface area contributed by atoms with Gasteiger partial charge in [-0.25, -0.2) is 9.98 Å². The number of nitrogens with zero attached hydrogens (tertiary/aromatic N) is 2. The Kier molecular flexibility index (Phi) is 4.84. The quantitative estimate of drug-likeness (QED) is 0.404. The van der Waals surface area contributed by atoms with Gasteiger partial charge in [-0.05, 0) is 23.2 Å². The van der Waals surface area contributed by atoms with Crippen LogP contribution in [0.5, 0.6) is 0 Å². The molecule has 0 aromatic carbocycles. The zero-order chi connectivity index (χ0) is 22.1. The van der Waals surface area contributed by atoms with Crippen LogP contribution in [-0.4, -0.2) is 46.4 Å². The summed E-state index contributed by atoms with van der Waals surface area (Å²) in [5, 5.41) is -2.14. The molecule has 4 nitrogen and oxygen atoms in total. The van der Waals surface area contributed by atoms with Gasteiger partial charge in [-0.1, -0.05) is 0 Å². The van der Waals surface area contributed by atoms with Gasteiger partial charge in [0.1, 0.15) is 0 Å². The molecule has 0 radical (unpaired) electrons. The highest BCUT2D eigenvalue weighted by Crippen LogP contribution is 2.58. The first-order valence-electron chi connectivity index (χ1n) is 6.29. The van der Waals surface area contributed by atoms with Crippen molar-refractivity contribution in [3.63, 3.8) is 0 Å². The minimum atomic E-state index is -6.58. The van der Waals surface area contributed by atoms with E-state index >= 15 is 0 Å². The molecule has 0 spiro atoms. The average Bonchev–Trinajstić information content (AvgIpc) is 2.40. The number of rotatable bonds is 0. The fourth-order valence-corrected chi connectivity index (χ4v) is 2.92. The molecule has 18 heteroatoms.